The number of pyridine rings is 1. The second-order valence-electron chi connectivity index (χ2n) is 17.4. The van der Waals surface area contributed by atoms with Crippen LogP contribution in [0.15, 0.2) is 71.8 Å². The number of nitrogens with zero attached hydrogens (tertiary/aromatic N) is 1. The SMILES string of the molecule is CCC(C)(CC)C(=O)/C=C(\O)C(C)(CC)CC.Cc1sc2c(-c3ccc4c(CC(C)C)csc4c3)cc(-c3[c-]c4ccccc4c(C(C)(C)C)c3)nc2c1C.[Ir]. The van der Waals surface area contributed by atoms with Gasteiger partial charge >= 0.3 is 0 Å². The number of allylic oxidation sites excluding steroid dienone is 2. The Hall–Kier alpha value is -3.15. The van der Waals surface area contributed by atoms with Crippen molar-refractivity contribution in [3.63, 3.8) is 0 Å². The number of aliphatic hydroxyl groups excluding tert-OH is 1. The van der Waals surface area contributed by atoms with Crippen LogP contribution in [0.4, 0.5) is 0 Å². The molecular weight excluding hydrogens is 903 g/mol. The molecule has 0 aliphatic rings. The molecule has 3 aromatic carbocycles. The first-order valence-electron chi connectivity index (χ1n) is 20.2. The van der Waals surface area contributed by atoms with Gasteiger partial charge < -0.3 is 5.11 Å². The summed E-state index contributed by atoms with van der Waals surface area (Å²) < 4.78 is 2.64. The normalized spacial score (nSPS) is 12.6. The van der Waals surface area contributed by atoms with Crippen molar-refractivity contribution in [2.45, 2.75) is 128 Å². The van der Waals surface area contributed by atoms with Gasteiger partial charge in [0.25, 0.3) is 0 Å². The van der Waals surface area contributed by atoms with Gasteiger partial charge in [-0.1, -0.05) is 124 Å². The zero-order chi connectivity index (χ0) is 40.5. The number of aliphatic hydroxyl groups is 1. The van der Waals surface area contributed by atoms with Crippen molar-refractivity contribution >= 4 is 59.5 Å². The average Bonchev–Trinajstić information content (AvgIpc) is 3.70. The smallest absolute Gasteiger partial charge is 0.164 e. The van der Waals surface area contributed by atoms with E-state index in [1.54, 1.807) is 0 Å². The minimum absolute atomic E-state index is 0. The van der Waals surface area contributed by atoms with Gasteiger partial charge in [-0.25, -0.2) is 0 Å². The fourth-order valence-electron chi connectivity index (χ4n) is 7.16. The number of hydrogen-bond acceptors (Lipinski definition) is 5. The minimum Gasteiger partial charge on any atom is -0.512 e. The molecule has 0 spiro atoms. The van der Waals surface area contributed by atoms with E-state index in [0.29, 0.717) is 5.92 Å². The van der Waals surface area contributed by atoms with Crippen LogP contribution >= 0.6 is 22.7 Å². The molecule has 0 aliphatic heterocycles. The molecule has 0 fully saturated rings. The Morgan fingerprint density at radius 3 is 2.12 bits per heavy atom. The van der Waals surface area contributed by atoms with Crippen LogP contribution in [0.1, 0.15) is 123 Å². The number of aromatic nitrogens is 1. The number of benzene rings is 3. The third kappa shape index (κ3) is 9.41. The summed E-state index contributed by atoms with van der Waals surface area (Å²) in [5, 5.41) is 16.3. The van der Waals surface area contributed by atoms with E-state index in [9.17, 15) is 9.90 Å². The Bertz CT molecular complexity index is 2340. The maximum absolute atomic E-state index is 12.2. The van der Waals surface area contributed by atoms with E-state index in [-0.39, 0.29) is 47.9 Å². The summed E-state index contributed by atoms with van der Waals surface area (Å²) in [5.41, 5.74) is 9.21. The molecule has 0 saturated heterocycles. The van der Waals surface area contributed by atoms with E-state index >= 15 is 0 Å². The van der Waals surface area contributed by atoms with E-state index in [0.717, 1.165) is 54.3 Å². The number of hydrogen-bond donors (Lipinski definition) is 1. The predicted octanol–water partition coefficient (Wildman–Crippen LogP) is 15.6. The molecule has 0 amide bonds. The molecule has 3 heterocycles. The van der Waals surface area contributed by atoms with Crippen LogP contribution in [0.3, 0.4) is 0 Å². The van der Waals surface area contributed by atoms with Gasteiger partial charge in [0.1, 0.15) is 5.76 Å². The predicted molar refractivity (Wildman–Crippen MR) is 242 cm³/mol. The summed E-state index contributed by atoms with van der Waals surface area (Å²) in [5.74, 6) is 0.942. The van der Waals surface area contributed by atoms with Crippen LogP contribution in [0, 0.1) is 36.7 Å². The van der Waals surface area contributed by atoms with Gasteiger partial charge in [-0.15, -0.1) is 51.8 Å². The number of carbonyl (C=O) groups excluding carboxylic acids is 1. The molecule has 6 rings (SSSR count). The summed E-state index contributed by atoms with van der Waals surface area (Å²) in [6.45, 7) is 28.0. The summed E-state index contributed by atoms with van der Waals surface area (Å²) in [6.07, 6.45) is 5.88. The van der Waals surface area contributed by atoms with Gasteiger partial charge in [-0.05, 0) is 96.4 Å². The summed E-state index contributed by atoms with van der Waals surface area (Å²) >= 11 is 3.73. The fraction of sp³-hybridized carbons (Fsp3) is 0.440. The zero-order valence-corrected chi connectivity index (χ0v) is 39.9. The average molecular weight is 965 g/mol. The Morgan fingerprint density at radius 1 is 0.875 bits per heavy atom. The topological polar surface area (TPSA) is 50.2 Å². The Kier molecular flexibility index (Phi) is 14.8. The second-order valence-corrected chi connectivity index (χ2v) is 19.5. The largest absolute Gasteiger partial charge is 0.512 e. The summed E-state index contributed by atoms with van der Waals surface area (Å²) in [7, 11) is 0. The fourth-order valence-corrected chi connectivity index (χ4v) is 9.31. The summed E-state index contributed by atoms with van der Waals surface area (Å²) in [4.78, 5) is 18.8. The molecule has 0 bridgehead atoms. The third-order valence-electron chi connectivity index (χ3n) is 12.2. The summed E-state index contributed by atoms with van der Waals surface area (Å²) in [6, 6.07) is 24.0. The number of rotatable bonds is 11. The molecule has 0 unspecified atom stereocenters. The maximum atomic E-state index is 12.2. The number of ketones is 1. The van der Waals surface area contributed by atoms with E-state index in [2.05, 4.69) is 115 Å². The van der Waals surface area contributed by atoms with Gasteiger partial charge in [0, 0.05) is 52.3 Å². The second kappa shape index (κ2) is 18.2. The van der Waals surface area contributed by atoms with Crippen LogP contribution < -0.4 is 0 Å². The number of aryl methyl sites for hydroxylation is 2. The quantitative estimate of drug-likeness (QED) is 0.0800. The Morgan fingerprint density at radius 2 is 1.52 bits per heavy atom. The minimum atomic E-state index is -0.337. The Labute approximate surface area is 358 Å². The van der Waals surface area contributed by atoms with E-state index in [1.165, 1.54) is 58.9 Å². The first-order chi connectivity index (χ1) is 25.9. The molecule has 0 atom stereocenters. The number of thiophene rings is 2. The molecule has 0 aliphatic carbocycles. The van der Waals surface area contributed by atoms with Crippen LogP contribution in [0.2, 0.25) is 0 Å². The van der Waals surface area contributed by atoms with Crippen LogP contribution in [0.5, 0.6) is 0 Å². The van der Waals surface area contributed by atoms with Crippen molar-refractivity contribution < 1.29 is 30.0 Å². The van der Waals surface area contributed by atoms with Gasteiger partial charge in [0.05, 0.1) is 10.2 Å². The molecule has 56 heavy (non-hydrogen) atoms. The molecule has 1 N–H and O–H groups in total. The standard InChI is InChI=1S/C35H34NS2.C15H28O2.Ir/c1-20(2)14-26-19-37-32-17-24(12-13-28(26)32)29-18-31(36-33-21(3)22(4)38-34(29)33)25-15-23-10-8-9-11-27(23)30(16-25)35(5,6)7;1-7-14(5,8-2)12(16)11-13(17)15(6,9-3)10-4;/h8-13,16-20H,14H2,1-7H3;11,16H,7-10H2,1-6H3;/q-1;;/b;12-11-;. The van der Waals surface area contributed by atoms with Crippen molar-refractivity contribution in [1.29, 1.82) is 0 Å². The van der Waals surface area contributed by atoms with Crippen LogP contribution in [-0.2, 0) is 36.7 Å². The van der Waals surface area contributed by atoms with E-state index in [1.807, 2.05) is 64.2 Å². The van der Waals surface area contributed by atoms with Gasteiger partial charge in [-0.3, -0.25) is 9.78 Å². The van der Waals surface area contributed by atoms with E-state index in [4.69, 9.17) is 4.98 Å². The molecule has 3 nitrogen and oxygen atoms in total. The van der Waals surface area contributed by atoms with Crippen molar-refractivity contribution in [1.82, 2.24) is 4.98 Å². The molecule has 301 valence electrons. The van der Waals surface area contributed by atoms with Gasteiger partial charge in [-0.2, -0.15) is 0 Å². The maximum Gasteiger partial charge on any atom is 0.164 e. The first kappa shape index (κ1) is 45.6. The van der Waals surface area contributed by atoms with E-state index < -0.39 is 0 Å². The first-order valence-corrected chi connectivity index (χ1v) is 21.9. The van der Waals surface area contributed by atoms with Crippen LogP contribution in [-0.4, -0.2) is 15.9 Å². The number of fused-ring (bicyclic) bond motifs is 3. The van der Waals surface area contributed by atoms with Crippen LogP contribution in [0.25, 0.3) is 53.5 Å². The van der Waals surface area contributed by atoms with Crippen molar-refractivity contribution in [2.24, 2.45) is 16.7 Å². The van der Waals surface area contributed by atoms with Crippen molar-refractivity contribution in [2.75, 3.05) is 0 Å². The third-order valence-corrected chi connectivity index (χ3v) is 14.4. The molecule has 1 radical (unpaired) electrons. The Balaban J connectivity index is 0.000000330. The molecule has 0 saturated carbocycles. The monoisotopic (exact) mass is 965 g/mol. The zero-order valence-electron chi connectivity index (χ0n) is 35.9. The van der Waals surface area contributed by atoms with Crippen molar-refractivity contribution in [3.05, 3.63) is 99.4 Å². The molecule has 6 heteroatoms. The molecular formula is C50H62IrNO2S2-. The van der Waals surface area contributed by atoms with Crippen molar-refractivity contribution in [3.8, 4) is 22.4 Å². The molecule has 6 aromatic rings. The molecule has 3 aromatic heterocycles. The number of carbonyl (C=O) groups is 1. The van der Waals surface area contributed by atoms with Gasteiger partial charge in [0.2, 0.25) is 0 Å². The van der Waals surface area contributed by atoms with Gasteiger partial charge in [0.15, 0.2) is 5.78 Å².